The molecule has 2 aliphatic heterocycles. The molecule has 26 heteroatoms. The Labute approximate surface area is 609 Å². The number of allylic oxidation sites excluding steroid dienone is 7. The molecule has 0 saturated heterocycles. The van der Waals surface area contributed by atoms with Crippen molar-refractivity contribution in [3.8, 4) is 5.75 Å². The highest BCUT2D eigenvalue weighted by atomic mass is 32.2. The molecule has 0 spiro atoms. The maximum absolute atomic E-state index is 14.3. The summed E-state index contributed by atoms with van der Waals surface area (Å²) >= 11 is 0. The minimum absolute atomic E-state index is 0.000157. The predicted octanol–water partition coefficient (Wildman–Crippen LogP) is 11.7. The standard InChI is InChI=1S/C78H98N6O18S2/c1-52(31-42-72(89)90)80-76(95)82-64(75(93)94)39-36-60(86)51-58(79)50-59(85)25-10-7-11-30-71(88)81-65(48-53-21-8-6-9-22-53)68(87)49-57(74(91)92)47-54-32-37-61(38-33-54)102-73-55(34-40-69-77(2,3)62-26-12-14-28-66(62)83(69)43-16-18-45-103(96,97)98)23-20-24-56(73)35-41-70-78(4,5)63-27-13-15-29-67(63)84(70)44-17-19-46-104(99,100)101/h6,8-9,12-15,21-22,26-29,32-35,37-38,40-41,52,57,64-65,79H,7,10-11,16-20,23-25,30-31,36,39,42-51H2,1-5H3,(H7-,80,81,82,88,89,90,91,92,93,94,95,96,97,98,99,100,101)/p+1/t52-,57-,64+,65+/m1/s1. The average Bonchev–Trinajstić information content (AvgIpc) is 1.60. The lowest BCUT2D eigenvalue weighted by Crippen LogP contribution is -2.48. The second-order valence-corrected chi connectivity index (χ2v) is 31.3. The number of Topliss-reactive ketones (excluding diaryl/α,β-unsaturated/α-hetero) is 3. The molecule has 0 radical (unpaired) electrons. The average molecular weight is 1470 g/mol. The number of nitrogens with one attached hydrogen (secondary N) is 4. The molecule has 4 aromatic rings. The van der Waals surface area contributed by atoms with E-state index in [0.717, 1.165) is 57.0 Å². The summed E-state index contributed by atoms with van der Waals surface area (Å²) in [6.07, 6.45) is 11.5. The Hall–Kier alpha value is -9.24. The summed E-state index contributed by atoms with van der Waals surface area (Å²) in [7, 11) is -8.30. The zero-order valence-electron chi connectivity index (χ0n) is 59.9. The highest BCUT2D eigenvalue weighted by Crippen LogP contribution is 2.48. The molecule has 0 fully saturated rings. The van der Waals surface area contributed by atoms with Gasteiger partial charge in [-0.25, -0.2) is 9.59 Å². The summed E-state index contributed by atoms with van der Waals surface area (Å²) in [5.41, 5.74) is 8.25. The molecule has 9 N–H and O–H groups in total. The SMILES string of the molecule is C[C@H](CCC(=O)O)NC(=O)N[C@@H](CCC(=O)CC(=N)CC(=O)CCCCCC(=O)N[C@@H](Cc1ccccc1)C(=O)C[C@@H](Cc1ccc(OC2=C(C=CC3=[N+](CCCCS(=O)(=O)O)c4ccccc4C3(C)C)CCCC2=CC=C2N(CCCCS(=O)(=O)O)c3ccccc3C2(C)C)cc1)C(=O)O)C(=O)O. The largest absolute Gasteiger partial charge is 0.481 e. The Kier molecular flexibility index (Phi) is 30.0. The lowest BCUT2D eigenvalue weighted by atomic mass is 9.81. The van der Waals surface area contributed by atoms with Gasteiger partial charge in [0.25, 0.3) is 20.2 Å². The number of anilines is 1. The summed E-state index contributed by atoms with van der Waals surface area (Å²) in [5, 5.41) is 44.9. The van der Waals surface area contributed by atoms with Gasteiger partial charge in [0, 0.05) is 104 Å². The van der Waals surface area contributed by atoms with E-state index >= 15 is 0 Å². The van der Waals surface area contributed by atoms with Crippen molar-refractivity contribution in [1.29, 1.82) is 5.41 Å². The molecule has 2 heterocycles. The Morgan fingerprint density at radius 1 is 0.625 bits per heavy atom. The van der Waals surface area contributed by atoms with E-state index in [1.165, 1.54) is 0 Å². The van der Waals surface area contributed by atoms with Gasteiger partial charge in [-0.15, -0.1) is 0 Å². The van der Waals surface area contributed by atoms with E-state index in [4.69, 9.17) is 15.3 Å². The van der Waals surface area contributed by atoms with Crippen LogP contribution in [-0.4, -0.2) is 147 Å². The van der Waals surface area contributed by atoms with Gasteiger partial charge in [0.2, 0.25) is 11.6 Å². The zero-order chi connectivity index (χ0) is 75.9. The number of carboxylic acid groups (broad SMARTS) is 3. The number of carbonyl (C=O) groups is 8. The predicted molar refractivity (Wildman–Crippen MR) is 396 cm³/mol. The maximum atomic E-state index is 14.3. The van der Waals surface area contributed by atoms with E-state index in [-0.39, 0.29) is 93.6 Å². The maximum Gasteiger partial charge on any atom is 0.326 e. The molecular formula is C78H99N6O18S2+. The molecule has 24 nitrogen and oxygen atoms in total. The number of ketones is 3. The van der Waals surface area contributed by atoms with Crippen LogP contribution in [0.25, 0.3) is 0 Å². The molecule has 104 heavy (non-hydrogen) atoms. The molecule has 4 aromatic carbocycles. The van der Waals surface area contributed by atoms with Crippen molar-refractivity contribution in [1.82, 2.24) is 16.0 Å². The van der Waals surface area contributed by atoms with Crippen LogP contribution < -0.4 is 25.6 Å². The van der Waals surface area contributed by atoms with Crippen LogP contribution in [0, 0.1) is 11.3 Å². The number of nitrogens with zero attached hydrogens (tertiary/aromatic N) is 2. The first-order valence-corrected chi connectivity index (χ1v) is 38.7. The van der Waals surface area contributed by atoms with Crippen LogP contribution in [0.15, 0.2) is 150 Å². The molecule has 0 aromatic heterocycles. The number of unbranched alkanes of at least 4 members (excludes halogenated alkanes) is 4. The number of rotatable bonds is 43. The van der Waals surface area contributed by atoms with Crippen LogP contribution in [0.5, 0.6) is 5.75 Å². The topological polar surface area (TPSA) is 381 Å². The fraction of sp³-hybridized carbons (Fsp3) is 0.462. The number of amides is 3. The van der Waals surface area contributed by atoms with Gasteiger partial charge < -0.3 is 46.3 Å². The van der Waals surface area contributed by atoms with Crippen LogP contribution in [0.1, 0.15) is 179 Å². The number of fused-ring (bicyclic) bond motifs is 2. The number of urea groups is 1. The van der Waals surface area contributed by atoms with Crippen molar-refractivity contribution in [2.24, 2.45) is 5.92 Å². The van der Waals surface area contributed by atoms with Crippen molar-refractivity contribution in [2.75, 3.05) is 29.5 Å². The number of aliphatic carboxylic acids is 3. The molecule has 560 valence electrons. The van der Waals surface area contributed by atoms with Crippen LogP contribution in [0.4, 0.5) is 16.2 Å². The summed E-state index contributed by atoms with van der Waals surface area (Å²) < 4.78 is 75.1. The van der Waals surface area contributed by atoms with Gasteiger partial charge in [0.1, 0.15) is 35.7 Å². The Balaban J connectivity index is 1.02. The van der Waals surface area contributed by atoms with Gasteiger partial charge in [0.05, 0.1) is 28.9 Å². The third-order valence-electron chi connectivity index (χ3n) is 19.1. The second-order valence-electron chi connectivity index (χ2n) is 28.2. The molecular weight excluding hydrogens is 1370 g/mol. The lowest BCUT2D eigenvalue weighted by molar-refractivity contribution is -0.438. The first-order valence-electron chi connectivity index (χ1n) is 35.5. The third-order valence-corrected chi connectivity index (χ3v) is 20.7. The van der Waals surface area contributed by atoms with Gasteiger partial charge in [-0.2, -0.15) is 21.4 Å². The normalized spacial score (nSPS) is 16.7. The molecule has 1 aliphatic carbocycles. The van der Waals surface area contributed by atoms with Crippen LogP contribution >= 0.6 is 0 Å². The van der Waals surface area contributed by atoms with Crippen molar-refractivity contribution in [3.63, 3.8) is 0 Å². The smallest absolute Gasteiger partial charge is 0.326 e. The first kappa shape index (κ1) is 82.1. The quantitative estimate of drug-likeness (QED) is 0.00860. The van der Waals surface area contributed by atoms with E-state index in [9.17, 15) is 74.5 Å². The van der Waals surface area contributed by atoms with Crippen molar-refractivity contribution >= 4 is 90.2 Å². The van der Waals surface area contributed by atoms with E-state index in [0.29, 0.717) is 75.1 Å². The Morgan fingerprint density at radius 3 is 1.91 bits per heavy atom. The van der Waals surface area contributed by atoms with Gasteiger partial charge in [-0.3, -0.25) is 37.9 Å². The number of carboxylic acids is 3. The highest BCUT2D eigenvalue weighted by Gasteiger charge is 2.44. The van der Waals surface area contributed by atoms with Gasteiger partial charge in [-0.1, -0.05) is 105 Å². The van der Waals surface area contributed by atoms with Crippen LogP contribution in [0.3, 0.4) is 0 Å². The summed E-state index contributed by atoms with van der Waals surface area (Å²) in [5.74, 6) is -6.18. The molecule has 0 bridgehead atoms. The fourth-order valence-electron chi connectivity index (χ4n) is 13.6. The fourth-order valence-corrected chi connectivity index (χ4v) is 14.7. The minimum atomic E-state index is -4.15. The van der Waals surface area contributed by atoms with Crippen LogP contribution in [-0.2, 0) is 77.5 Å². The minimum Gasteiger partial charge on any atom is -0.481 e. The van der Waals surface area contributed by atoms with Gasteiger partial charge in [-0.05, 0) is 156 Å². The van der Waals surface area contributed by atoms with Crippen LogP contribution in [0.2, 0.25) is 0 Å². The Morgan fingerprint density at radius 2 is 1.25 bits per heavy atom. The molecule has 7 rings (SSSR count). The third kappa shape index (κ3) is 25.0. The Bertz CT molecular complexity index is 4200. The molecule has 3 amide bonds. The number of benzene rings is 4. The molecule has 3 aliphatic rings. The number of hydrogen-bond donors (Lipinski definition) is 9. The van der Waals surface area contributed by atoms with Gasteiger partial charge in [0.15, 0.2) is 11.5 Å². The summed E-state index contributed by atoms with van der Waals surface area (Å²) in [4.78, 5) is 103. The van der Waals surface area contributed by atoms with Crippen molar-refractivity contribution < 1.29 is 88.9 Å². The number of hydrogen-bond acceptors (Lipinski definition) is 15. The first-order chi connectivity index (χ1) is 49.2. The molecule has 4 atom stereocenters. The summed E-state index contributed by atoms with van der Waals surface area (Å²) in [6.45, 7) is 11.1. The molecule has 0 unspecified atom stereocenters. The summed E-state index contributed by atoms with van der Waals surface area (Å²) in [6, 6.07) is 28.3. The van der Waals surface area contributed by atoms with E-state index < -0.39 is 109 Å². The van der Waals surface area contributed by atoms with Crippen molar-refractivity contribution in [3.05, 3.63) is 172 Å². The number of carbonyl (C=O) groups excluding carboxylic acids is 5. The molecule has 0 saturated carbocycles. The number of para-hydroxylation sites is 2. The monoisotopic (exact) mass is 1470 g/mol. The number of ether oxygens (including phenoxy) is 1. The van der Waals surface area contributed by atoms with E-state index in [2.05, 4.69) is 89.6 Å². The van der Waals surface area contributed by atoms with Crippen molar-refractivity contribution in [2.45, 2.75) is 198 Å². The van der Waals surface area contributed by atoms with E-state index in [1.54, 1.807) is 55.5 Å². The lowest BCUT2D eigenvalue weighted by Gasteiger charge is -2.27. The van der Waals surface area contributed by atoms with E-state index in [1.807, 2.05) is 42.5 Å². The zero-order valence-corrected chi connectivity index (χ0v) is 61.5. The second kappa shape index (κ2) is 38.0. The van der Waals surface area contributed by atoms with Gasteiger partial charge >= 0.3 is 23.9 Å². The highest BCUT2D eigenvalue weighted by molar-refractivity contribution is 7.86.